The zero-order valence-corrected chi connectivity index (χ0v) is 12.6. The van der Waals surface area contributed by atoms with Gasteiger partial charge in [-0.05, 0) is 40.8 Å². The van der Waals surface area contributed by atoms with Gasteiger partial charge in [-0.2, -0.15) is 0 Å². The van der Waals surface area contributed by atoms with E-state index >= 15 is 0 Å². The lowest BCUT2D eigenvalue weighted by Crippen LogP contribution is -2.04. The second-order valence-corrected chi connectivity index (χ2v) is 5.36. The number of carbonyl (C=O) groups is 1. The van der Waals surface area contributed by atoms with E-state index in [0.717, 1.165) is 0 Å². The van der Waals surface area contributed by atoms with Crippen molar-refractivity contribution in [1.29, 1.82) is 0 Å². The topological polar surface area (TPSA) is 43.3 Å². The number of nitrogens with one attached hydrogen (secondary N) is 1. The van der Waals surface area contributed by atoms with E-state index in [1.54, 1.807) is 42.4 Å². The molecule has 1 aliphatic heterocycles. The molecule has 1 aliphatic rings. The van der Waals surface area contributed by atoms with Crippen LogP contribution in [0.25, 0.3) is 11.8 Å². The first-order valence-corrected chi connectivity index (χ1v) is 6.91. The van der Waals surface area contributed by atoms with E-state index in [-0.39, 0.29) is 11.7 Å². The van der Waals surface area contributed by atoms with Crippen LogP contribution in [0.15, 0.2) is 30.6 Å². The number of halogens is 2. The number of hydrogen-bond acceptors (Lipinski definition) is 2. The Hall–Kier alpha value is -1.83. The molecule has 2 heterocycles. The molecule has 3 rings (SSSR count). The van der Waals surface area contributed by atoms with Crippen molar-refractivity contribution in [2.75, 3.05) is 12.4 Å². The van der Waals surface area contributed by atoms with Crippen LogP contribution in [-0.2, 0) is 4.79 Å². The summed E-state index contributed by atoms with van der Waals surface area (Å²) >= 11 is 1.91. The fourth-order valence-electron chi connectivity index (χ4n) is 2.09. The van der Waals surface area contributed by atoms with Crippen LogP contribution in [0, 0.1) is 9.39 Å². The van der Waals surface area contributed by atoms with Gasteiger partial charge < -0.3 is 14.6 Å². The third kappa shape index (κ3) is 2.09. The van der Waals surface area contributed by atoms with Crippen LogP contribution in [0.5, 0.6) is 5.75 Å². The second-order valence-electron chi connectivity index (χ2n) is 4.28. The van der Waals surface area contributed by atoms with Crippen molar-refractivity contribution in [2.24, 2.45) is 0 Å². The average Bonchev–Trinajstić information content (AvgIpc) is 3.00. The molecular formula is C14H10FIN2O2. The van der Waals surface area contributed by atoms with Crippen LogP contribution in [0.2, 0.25) is 0 Å². The summed E-state index contributed by atoms with van der Waals surface area (Å²) in [5.74, 6) is 0.113. The van der Waals surface area contributed by atoms with E-state index in [9.17, 15) is 9.18 Å². The monoisotopic (exact) mass is 384 g/mol. The Morgan fingerprint density at radius 3 is 2.90 bits per heavy atom. The van der Waals surface area contributed by atoms with Crippen molar-refractivity contribution < 1.29 is 13.9 Å². The van der Waals surface area contributed by atoms with Gasteiger partial charge in [0.05, 0.1) is 28.1 Å². The van der Waals surface area contributed by atoms with Gasteiger partial charge in [0.1, 0.15) is 11.6 Å². The molecule has 1 N–H and O–H groups in total. The lowest BCUT2D eigenvalue weighted by Gasteiger charge is -2.03. The van der Waals surface area contributed by atoms with Gasteiger partial charge in [-0.15, -0.1) is 0 Å². The quantitative estimate of drug-likeness (QED) is 0.639. The molecule has 0 bridgehead atoms. The summed E-state index contributed by atoms with van der Waals surface area (Å²) in [4.78, 5) is 12.0. The van der Waals surface area contributed by atoms with Crippen molar-refractivity contribution in [2.45, 2.75) is 0 Å². The minimum atomic E-state index is -0.336. The lowest BCUT2D eigenvalue weighted by molar-refractivity contribution is -0.110. The molecule has 2 aromatic rings. The highest BCUT2D eigenvalue weighted by molar-refractivity contribution is 14.1. The van der Waals surface area contributed by atoms with Crippen molar-refractivity contribution in [3.63, 3.8) is 0 Å². The van der Waals surface area contributed by atoms with Crippen molar-refractivity contribution >= 4 is 46.0 Å². The van der Waals surface area contributed by atoms with Gasteiger partial charge in [0.2, 0.25) is 0 Å². The Morgan fingerprint density at radius 1 is 1.40 bits per heavy atom. The van der Waals surface area contributed by atoms with Crippen LogP contribution in [0.3, 0.4) is 0 Å². The van der Waals surface area contributed by atoms with Gasteiger partial charge in [0.15, 0.2) is 0 Å². The fourth-order valence-corrected chi connectivity index (χ4v) is 2.85. The molecule has 0 atom stereocenters. The molecule has 1 amide bonds. The first kappa shape index (κ1) is 13.2. The van der Waals surface area contributed by atoms with Crippen molar-refractivity contribution in [3.8, 4) is 5.75 Å². The van der Waals surface area contributed by atoms with Crippen molar-refractivity contribution in [3.05, 3.63) is 45.5 Å². The van der Waals surface area contributed by atoms with Crippen LogP contribution >= 0.6 is 22.6 Å². The number of methoxy groups -OCH3 is 1. The normalized spacial score (nSPS) is 15.3. The highest BCUT2D eigenvalue weighted by Crippen LogP contribution is 2.37. The molecule has 20 heavy (non-hydrogen) atoms. The van der Waals surface area contributed by atoms with Crippen LogP contribution < -0.4 is 10.1 Å². The predicted molar refractivity (Wildman–Crippen MR) is 82.9 cm³/mol. The third-order valence-corrected chi connectivity index (χ3v) is 4.11. The average molecular weight is 384 g/mol. The molecule has 4 nitrogen and oxygen atoms in total. The Labute approximate surface area is 128 Å². The number of aromatic nitrogens is 1. The number of rotatable bonds is 2. The SMILES string of the molecule is COc1ccn(C=C2C(=O)Nc3ccc(F)c(I)c32)c1. The maximum Gasteiger partial charge on any atom is 0.257 e. The summed E-state index contributed by atoms with van der Waals surface area (Å²) in [5.41, 5.74) is 1.66. The van der Waals surface area contributed by atoms with Gasteiger partial charge in [-0.3, -0.25) is 4.79 Å². The number of nitrogens with zero attached hydrogens (tertiary/aromatic N) is 1. The van der Waals surface area contributed by atoms with Gasteiger partial charge in [0.25, 0.3) is 5.91 Å². The molecular weight excluding hydrogens is 374 g/mol. The third-order valence-electron chi connectivity index (χ3n) is 3.06. The largest absolute Gasteiger partial charge is 0.495 e. The summed E-state index contributed by atoms with van der Waals surface area (Å²) in [6.45, 7) is 0. The summed E-state index contributed by atoms with van der Waals surface area (Å²) in [6.07, 6.45) is 5.17. The van der Waals surface area contributed by atoms with Crippen LogP contribution in [-0.4, -0.2) is 17.6 Å². The smallest absolute Gasteiger partial charge is 0.257 e. The number of fused-ring (bicyclic) bond motifs is 1. The predicted octanol–water partition coefficient (Wildman–Crippen LogP) is 3.19. The molecule has 0 unspecified atom stereocenters. The van der Waals surface area contributed by atoms with Gasteiger partial charge >= 0.3 is 0 Å². The molecule has 6 heteroatoms. The molecule has 102 valence electrons. The minimum Gasteiger partial charge on any atom is -0.495 e. The molecule has 0 spiro atoms. The Balaban J connectivity index is 2.12. The standard InChI is InChI=1S/C14H10FIN2O2/c1-20-8-4-5-18(6-8)7-9-12-11(17-14(9)19)3-2-10(15)13(12)16/h2-7H,1H3,(H,17,19). The Morgan fingerprint density at radius 2 is 2.20 bits per heavy atom. The van der Waals surface area contributed by atoms with Crippen LogP contribution in [0.4, 0.5) is 10.1 Å². The highest BCUT2D eigenvalue weighted by Gasteiger charge is 2.28. The van der Waals surface area contributed by atoms with E-state index < -0.39 is 0 Å². The summed E-state index contributed by atoms with van der Waals surface area (Å²) in [7, 11) is 1.57. The minimum absolute atomic E-state index is 0.240. The van der Waals surface area contributed by atoms with Gasteiger partial charge in [0, 0.05) is 18.0 Å². The second kappa shape index (κ2) is 4.93. The molecule has 1 aromatic carbocycles. The first-order chi connectivity index (χ1) is 9.60. The molecule has 0 radical (unpaired) electrons. The molecule has 0 saturated carbocycles. The van der Waals surface area contributed by atoms with Crippen molar-refractivity contribution in [1.82, 2.24) is 4.57 Å². The lowest BCUT2D eigenvalue weighted by atomic mass is 10.1. The summed E-state index contributed by atoms with van der Waals surface area (Å²) in [6, 6.07) is 4.70. The number of hydrogen-bond donors (Lipinski definition) is 1. The highest BCUT2D eigenvalue weighted by atomic mass is 127. The Bertz CT molecular complexity index is 737. The zero-order valence-electron chi connectivity index (χ0n) is 10.5. The van der Waals surface area contributed by atoms with E-state index in [1.807, 2.05) is 22.6 Å². The number of ether oxygens (including phenoxy) is 1. The number of carbonyl (C=O) groups excluding carboxylic acids is 1. The van der Waals surface area contributed by atoms with Gasteiger partial charge in [-0.25, -0.2) is 4.39 Å². The van der Waals surface area contributed by atoms with E-state index in [0.29, 0.717) is 26.1 Å². The molecule has 0 saturated heterocycles. The summed E-state index contributed by atoms with van der Waals surface area (Å²) in [5, 5.41) is 2.73. The van der Waals surface area contributed by atoms with E-state index in [4.69, 9.17) is 4.74 Å². The summed E-state index contributed by atoms with van der Waals surface area (Å²) < 4.78 is 20.9. The number of anilines is 1. The molecule has 1 aromatic heterocycles. The van der Waals surface area contributed by atoms with Gasteiger partial charge in [-0.1, -0.05) is 0 Å². The Kier molecular flexibility index (Phi) is 3.25. The maximum absolute atomic E-state index is 13.7. The molecule has 0 fully saturated rings. The maximum atomic E-state index is 13.7. The number of amides is 1. The zero-order chi connectivity index (χ0) is 14.3. The molecule has 0 aliphatic carbocycles. The fraction of sp³-hybridized carbons (Fsp3) is 0.0714. The van der Waals surface area contributed by atoms with Crippen LogP contribution in [0.1, 0.15) is 5.56 Å². The first-order valence-electron chi connectivity index (χ1n) is 5.83. The van der Waals surface area contributed by atoms with E-state index in [2.05, 4.69) is 5.32 Å². The van der Waals surface area contributed by atoms with E-state index in [1.165, 1.54) is 6.07 Å². The number of benzene rings is 1.